The molecule has 0 saturated carbocycles. The zero-order valence-corrected chi connectivity index (χ0v) is 11.5. The van der Waals surface area contributed by atoms with Crippen molar-refractivity contribution < 1.29 is 8.78 Å². The lowest BCUT2D eigenvalue weighted by Crippen LogP contribution is -2.34. The Morgan fingerprint density at radius 2 is 1.94 bits per heavy atom. The highest BCUT2D eigenvalue weighted by atomic mass is 19.2. The Hall–Kier alpha value is -0.960. The van der Waals surface area contributed by atoms with Gasteiger partial charge in [0.1, 0.15) is 0 Å². The molecule has 0 aliphatic rings. The van der Waals surface area contributed by atoms with E-state index in [1.54, 1.807) is 12.1 Å². The number of hydrogen-bond donors (Lipinski definition) is 1. The Balaban J connectivity index is 2.75. The minimum Gasteiger partial charge on any atom is -0.316 e. The van der Waals surface area contributed by atoms with Gasteiger partial charge in [0, 0.05) is 6.54 Å². The van der Waals surface area contributed by atoms with Crippen molar-refractivity contribution in [3.8, 4) is 0 Å². The summed E-state index contributed by atoms with van der Waals surface area (Å²) in [6.45, 7) is 8.10. The molecule has 0 radical (unpaired) electrons. The third kappa shape index (κ3) is 4.05. The SMILES string of the molecule is CCCNCC(C)(CC)Cc1cccc(F)c1F. The van der Waals surface area contributed by atoms with Crippen LogP contribution in [0.25, 0.3) is 0 Å². The van der Waals surface area contributed by atoms with Gasteiger partial charge in [-0.3, -0.25) is 0 Å². The first-order valence-corrected chi connectivity index (χ1v) is 6.66. The summed E-state index contributed by atoms with van der Waals surface area (Å²) < 4.78 is 26.8. The van der Waals surface area contributed by atoms with E-state index in [1.807, 2.05) is 0 Å². The second kappa shape index (κ2) is 6.83. The van der Waals surface area contributed by atoms with Gasteiger partial charge < -0.3 is 5.32 Å². The number of halogens is 2. The molecule has 3 heteroatoms. The highest BCUT2D eigenvalue weighted by molar-refractivity contribution is 5.20. The van der Waals surface area contributed by atoms with Crippen LogP contribution < -0.4 is 5.32 Å². The van der Waals surface area contributed by atoms with E-state index in [0.29, 0.717) is 12.0 Å². The highest BCUT2D eigenvalue weighted by Crippen LogP contribution is 2.27. The van der Waals surface area contributed by atoms with Gasteiger partial charge in [0.15, 0.2) is 11.6 Å². The summed E-state index contributed by atoms with van der Waals surface area (Å²) in [4.78, 5) is 0. The van der Waals surface area contributed by atoms with Crippen molar-refractivity contribution in [1.29, 1.82) is 0 Å². The van der Waals surface area contributed by atoms with Crippen molar-refractivity contribution in [1.82, 2.24) is 5.32 Å². The topological polar surface area (TPSA) is 12.0 Å². The van der Waals surface area contributed by atoms with E-state index < -0.39 is 11.6 Å². The zero-order chi connectivity index (χ0) is 13.6. The Morgan fingerprint density at radius 1 is 1.22 bits per heavy atom. The number of nitrogens with one attached hydrogen (secondary N) is 1. The first-order valence-electron chi connectivity index (χ1n) is 6.66. The van der Waals surface area contributed by atoms with Crippen LogP contribution in [0, 0.1) is 17.0 Å². The standard InChI is InChI=1S/C15H23F2N/c1-4-9-18-11-15(3,5-2)10-12-7-6-8-13(16)14(12)17/h6-8,18H,4-5,9-11H2,1-3H3. The third-order valence-corrected chi connectivity index (χ3v) is 3.48. The first-order chi connectivity index (χ1) is 8.52. The molecule has 0 saturated heterocycles. The molecule has 1 atom stereocenters. The van der Waals surface area contributed by atoms with E-state index in [-0.39, 0.29) is 5.41 Å². The fraction of sp³-hybridized carbons (Fsp3) is 0.600. The normalized spacial score (nSPS) is 14.5. The smallest absolute Gasteiger partial charge is 0.162 e. The molecule has 1 aromatic carbocycles. The highest BCUT2D eigenvalue weighted by Gasteiger charge is 2.24. The second-order valence-corrected chi connectivity index (χ2v) is 5.23. The fourth-order valence-electron chi connectivity index (χ4n) is 2.02. The molecule has 0 aromatic heterocycles. The van der Waals surface area contributed by atoms with Crippen LogP contribution in [0.3, 0.4) is 0 Å². The lowest BCUT2D eigenvalue weighted by Gasteiger charge is -2.29. The largest absolute Gasteiger partial charge is 0.316 e. The summed E-state index contributed by atoms with van der Waals surface area (Å²) in [5.74, 6) is -1.46. The molecule has 0 spiro atoms. The second-order valence-electron chi connectivity index (χ2n) is 5.23. The fourth-order valence-corrected chi connectivity index (χ4v) is 2.02. The van der Waals surface area contributed by atoms with Gasteiger partial charge in [-0.25, -0.2) is 8.78 Å². The van der Waals surface area contributed by atoms with Crippen molar-refractivity contribution in [2.75, 3.05) is 13.1 Å². The van der Waals surface area contributed by atoms with Crippen LogP contribution >= 0.6 is 0 Å². The molecule has 0 amide bonds. The quantitative estimate of drug-likeness (QED) is 0.728. The van der Waals surface area contributed by atoms with Crippen LogP contribution in [0.15, 0.2) is 18.2 Å². The Bertz CT molecular complexity index is 379. The number of benzene rings is 1. The first kappa shape index (κ1) is 15.1. The molecule has 0 fully saturated rings. The zero-order valence-electron chi connectivity index (χ0n) is 11.5. The van der Waals surface area contributed by atoms with Gasteiger partial charge in [-0.1, -0.05) is 32.9 Å². The molecule has 1 nitrogen and oxygen atoms in total. The monoisotopic (exact) mass is 255 g/mol. The molecule has 1 rings (SSSR count). The lowest BCUT2D eigenvalue weighted by atomic mass is 9.81. The molecular weight excluding hydrogens is 232 g/mol. The molecule has 1 unspecified atom stereocenters. The maximum absolute atomic E-state index is 13.7. The lowest BCUT2D eigenvalue weighted by molar-refractivity contribution is 0.286. The Kier molecular flexibility index (Phi) is 5.73. The summed E-state index contributed by atoms with van der Waals surface area (Å²) in [6, 6.07) is 4.41. The van der Waals surface area contributed by atoms with Gasteiger partial charge in [0.2, 0.25) is 0 Å². The molecule has 0 aliphatic heterocycles. The summed E-state index contributed by atoms with van der Waals surface area (Å²) in [5, 5.41) is 3.36. The van der Waals surface area contributed by atoms with Gasteiger partial charge >= 0.3 is 0 Å². The van der Waals surface area contributed by atoms with Crippen LogP contribution in [-0.4, -0.2) is 13.1 Å². The maximum atomic E-state index is 13.7. The van der Waals surface area contributed by atoms with Crippen LogP contribution in [-0.2, 0) is 6.42 Å². The third-order valence-electron chi connectivity index (χ3n) is 3.48. The molecule has 0 bridgehead atoms. The van der Waals surface area contributed by atoms with Crippen LogP contribution in [0.2, 0.25) is 0 Å². The molecular formula is C15H23F2N. The molecule has 0 aliphatic carbocycles. The number of hydrogen-bond acceptors (Lipinski definition) is 1. The predicted molar refractivity (Wildman–Crippen MR) is 71.6 cm³/mol. The van der Waals surface area contributed by atoms with Gasteiger partial charge in [0.25, 0.3) is 0 Å². The van der Waals surface area contributed by atoms with Crippen molar-refractivity contribution in [3.05, 3.63) is 35.4 Å². The van der Waals surface area contributed by atoms with Crippen molar-refractivity contribution in [3.63, 3.8) is 0 Å². The molecule has 1 N–H and O–H groups in total. The van der Waals surface area contributed by atoms with E-state index in [4.69, 9.17) is 0 Å². The Morgan fingerprint density at radius 3 is 2.56 bits per heavy atom. The van der Waals surface area contributed by atoms with Gasteiger partial charge in [-0.2, -0.15) is 0 Å². The number of rotatable bonds is 7. The van der Waals surface area contributed by atoms with Gasteiger partial charge in [0.05, 0.1) is 0 Å². The van der Waals surface area contributed by atoms with Crippen LogP contribution in [0.4, 0.5) is 8.78 Å². The van der Waals surface area contributed by atoms with E-state index in [0.717, 1.165) is 32.0 Å². The van der Waals surface area contributed by atoms with E-state index in [2.05, 4.69) is 26.1 Å². The predicted octanol–water partition coefficient (Wildman–Crippen LogP) is 3.92. The minimum absolute atomic E-state index is 0.0379. The van der Waals surface area contributed by atoms with Crippen LogP contribution in [0.1, 0.15) is 39.2 Å². The van der Waals surface area contributed by atoms with Crippen molar-refractivity contribution >= 4 is 0 Å². The van der Waals surface area contributed by atoms with Crippen molar-refractivity contribution in [2.24, 2.45) is 5.41 Å². The van der Waals surface area contributed by atoms with Gasteiger partial charge in [-0.05, 0) is 42.9 Å². The Labute approximate surface area is 109 Å². The summed E-state index contributed by atoms with van der Waals surface area (Å²) >= 11 is 0. The van der Waals surface area contributed by atoms with Crippen molar-refractivity contribution in [2.45, 2.75) is 40.0 Å². The molecule has 102 valence electrons. The summed E-state index contributed by atoms with van der Waals surface area (Å²) in [7, 11) is 0. The molecule has 1 aromatic rings. The summed E-state index contributed by atoms with van der Waals surface area (Å²) in [5.41, 5.74) is 0.432. The average Bonchev–Trinajstić information content (AvgIpc) is 2.35. The molecule has 18 heavy (non-hydrogen) atoms. The molecule has 0 heterocycles. The van der Waals surface area contributed by atoms with Gasteiger partial charge in [-0.15, -0.1) is 0 Å². The van der Waals surface area contributed by atoms with E-state index in [9.17, 15) is 8.78 Å². The van der Waals surface area contributed by atoms with Crippen LogP contribution in [0.5, 0.6) is 0 Å². The maximum Gasteiger partial charge on any atom is 0.162 e. The van der Waals surface area contributed by atoms with E-state index >= 15 is 0 Å². The minimum atomic E-state index is -0.757. The van der Waals surface area contributed by atoms with E-state index in [1.165, 1.54) is 0 Å². The summed E-state index contributed by atoms with van der Waals surface area (Å²) in [6.07, 6.45) is 2.57. The average molecular weight is 255 g/mol.